The third kappa shape index (κ3) is 4.95. The Bertz CT molecular complexity index is 3560. The van der Waals surface area contributed by atoms with E-state index in [-0.39, 0.29) is 0 Å². The molecule has 9 aromatic carbocycles. The average Bonchev–Trinajstić information content (AvgIpc) is 3.82. The second-order valence-electron chi connectivity index (χ2n) is 15.0. The van der Waals surface area contributed by atoms with Crippen LogP contribution in [0.2, 0.25) is 0 Å². The highest BCUT2D eigenvalue weighted by atomic mass is 15.0. The second kappa shape index (κ2) is 12.9. The Kier molecular flexibility index (Phi) is 7.20. The van der Waals surface area contributed by atoms with Crippen LogP contribution in [0.1, 0.15) is 0 Å². The standard InChI is InChI=1S/C54H34N4/c1-3-16-36(17-4-1)41-30-29-40(34-45(41)54-55-46-24-12-9-21-42(46)53(56-54)38-28-27-35-15-7-8-18-37(35)33-38)58-48-26-14-11-23-44(48)52-50(58)32-31-49-51(52)43-22-10-13-25-47(43)57(49)39-19-5-2-6-20-39/h1-34H. The molecule has 12 aromatic rings. The molecule has 0 atom stereocenters. The lowest BCUT2D eigenvalue weighted by atomic mass is 9.97. The van der Waals surface area contributed by atoms with Crippen LogP contribution in [0.3, 0.4) is 0 Å². The van der Waals surface area contributed by atoms with E-state index < -0.39 is 0 Å². The first-order valence-electron chi connectivity index (χ1n) is 19.8. The number of fused-ring (bicyclic) bond motifs is 9. The SMILES string of the molecule is c1ccc(-c2ccc(-n3c4ccccc4c4c5c6ccccc6n(-c6ccccc6)c5ccc43)cc2-c2nc(-c3ccc4ccccc4c3)c3ccccc3n2)cc1. The highest BCUT2D eigenvalue weighted by Crippen LogP contribution is 2.43. The third-order valence-corrected chi connectivity index (χ3v) is 11.7. The van der Waals surface area contributed by atoms with Gasteiger partial charge in [-0.3, -0.25) is 0 Å². The van der Waals surface area contributed by atoms with E-state index >= 15 is 0 Å². The summed E-state index contributed by atoms with van der Waals surface area (Å²) in [6, 6.07) is 73.7. The zero-order valence-corrected chi connectivity index (χ0v) is 31.4. The van der Waals surface area contributed by atoms with Crippen LogP contribution in [0.5, 0.6) is 0 Å². The molecule has 270 valence electrons. The molecule has 0 aliphatic heterocycles. The van der Waals surface area contributed by atoms with Gasteiger partial charge in [-0.05, 0) is 82.6 Å². The summed E-state index contributed by atoms with van der Waals surface area (Å²) < 4.78 is 4.81. The summed E-state index contributed by atoms with van der Waals surface area (Å²) in [5.74, 6) is 0.691. The molecule has 0 amide bonds. The van der Waals surface area contributed by atoms with Crippen molar-refractivity contribution in [1.82, 2.24) is 19.1 Å². The van der Waals surface area contributed by atoms with Gasteiger partial charge in [0.15, 0.2) is 5.82 Å². The van der Waals surface area contributed by atoms with E-state index in [2.05, 4.69) is 215 Å². The highest BCUT2D eigenvalue weighted by molar-refractivity contribution is 6.29. The van der Waals surface area contributed by atoms with Gasteiger partial charge in [-0.15, -0.1) is 0 Å². The van der Waals surface area contributed by atoms with E-state index in [1.54, 1.807) is 0 Å². The Morgan fingerprint density at radius 3 is 1.64 bits per heavy atom. The second-order valence-corrected chi connectivity index (χ2v) is 15.0. The van der Waals surface area contributed by atoms with Crippen molar-refractivity contribution in [2.24, 2.45) is 0 Å². The van der Waals surface area contributed by atoms with Crippen molar-refractivity contribution in [3.63, 3.8) is 0 Å². The molecule has 0 saturated carbocycles. The Labute approximate surface area is 334 Å². The number of aromatic nitrogens is 4. The topological polar surface area (TPSA) is 35.6 Å². The zero-order valence-electron chi connectivity index (χ0n) is 31.4. The van der Waals surface area contributed by atoms with Crippen LogP contribution in [-0.2, 0) is 0 Å². The normalized spacial score (nSPS) is 11.8. The van der Waals surface area contributed by atoms with Crippen LogP contribution >= 0.6 is 0 Å². The van der Waals surface area contributed by atoms with E-state index in [4.69, 9.17) is 9.97 Å². The van der Waals surface area contributed by atoms with Gasteiger partial charge in [-0.2, -0.15) is 0 Å². The maximum absolute atomic E-state index is 5.46. The van der Waals surface area contributed by atoms with E-state index in [1.807, 2.05) is 0 Å². The van der Waals surface area contributed by atoms with Crippen molar-refractivity contribution in [2.45, 2.75) is 0 Å². The minimum atomic E-state index is 0.691. The maximum atomic E-state index is 5.46. The van der Waals surface area contributed by atoms with Gasteiger partial charge in [-0.25, -0.2) is 9.97 Å². The molecule has 4 nitrogen and oxygen atoms in total. The highest BCUT2D eigenvalue weighted by Gasteiger charge is 2.22. The number of benzene rings is 9. The van der Waals surface area contributed by atoms with Gasteiger partial charge in [0.05, 0.1) is 33.3 Å². The summed E-state index contributed by atoms with van der Waals surface area (Å²) in [5.41, 5.74) is 13.0. The van der Waals surface area contributed by atoms with Crippen LogP contribution in [0.15, 0.2) is 206 Å². The van der Waals surface area contributed by atoms with Crippen molar-refractivity contribution in [1.29, 1.82) is 0 Å². The average molecular weight is 739 g/mol. The Morgan fingerprint density at radius 1 is 0.328 bits per heavy atom. The van der Waals surface area contributed by atoms with E-state index in [0.29, 0.717) is 5.82 Å². The van der Waals surface area contributed by atoms with Crippen LogP contribution < -0.4 is 0 Å². The summed E-state index contributed by atoms with van der Waals surface area (Å²) in [7, 11) is 0. The van der Waals surface area contributed by atoms with Gasteiger partial charge in [0.2, 0.25) is 0 Å². The van der Waals surface area contributed by atoms with Gasteiger partial charge in [0, 0.05) is 49.4 Å². The summed E-state index contributed by atoms with van der Waals surface area (Å²) in [5, 5.41) is 8.37. The van der Waals surface area contributed by atoms with Crippen molar-refractivity contribution in [3.05, 3.63) is 206 Å². The monoisotopic (exact) mass is 738 g/mol. The molecule has 0 fully saturated rings. The fraction of sp³-hybridized carbons (Fsp3) is 0. The summed E-state index contributed by atoms with van der Waals surface area (Å²) in [4.78, 5) is 10.8. The predicted molar refractivity (Wildman–Crippen MR) is 242 cm³/mol. The predicted octanol–water partition coefficient (Wildman–Crippen LogP) is 14.0. The minimum absolute atomic E-state index is 0.691. The Hall–Kier alpha value is -7.82. The fourth-order valence-corrected chi connectivity index (χ4v) is 9.13. The lowest BCUT2D eigenvalue weighted by molar-refractivity contribution is 1.17. The molecule has 0 aliphatic carbocycles. The van der Waals surface area contributed by atoms with E-state index in [9.17, 15) is 0 Å². The maximum Gasteiger partial charge on any atom is 0.161 e. The third-order valence-electron chi connectivity index (χ3n) is 11.7. The van der Waals surface area contributed by atoms with Gasteiger partial charge in [-0.1, -0.05) is 146 Å². The molecule has 0 N–H and O–H groups in total. The molecule has 3 heterocycles. The van der Waals surface area contributed by atoms with E-state index in [0.717, 1.165) is 61.3 Å². The molecule has 12 rings (SSSR count). The first-order chi connectivity index (χ1) is 28.8. The van der Waals surface area contributed by atoms with Crippen molar-refractivity contribution >= 4 is 65.3 Å². The summed E-state index contributed by atoms with van der Waals surface area (Å²) in [6.45, 7) is 0. The molecule has 0 radical (unpaired) electrons. The van der Waals surface area contributed by atoms with Gasteiger partial charge in [0.1, 0.15) is 0 Å². The molecule has 0 unspecified atom stereocenters. The molecule has 0 aliphatic rings. The largest absolute Gasteiger partial charge is 0.309 e. The van der Waals surface area contributed by atoms with Gasteiger partial charge < -0.3 is 9.13 Å². The smallest absolute Gasteiger partial charge is 0.161 e. The zero-order chi connectivity index (χ0) is 38.2. The fourth-order valence-electron chi connectivity index (χ4n) is 9.13. The van der Waals surface area contributed by atoms with Crippen molar-refractivity contribution < 1.29 is 0 Å². The van der Waals surface area contributed by atoms with Crippen molar-refractivity contribution in [3.8, 4) is 45.1 Å². The molecular formula is C54H34N4. The molecular weight excluding hydrogens is 705 g/mol. The first-order valence-corrected chi connectivity index (χ1v) is 19.8. The molecule has 0 saturated heterocycles. The molecule has 58 heavy (non-hydrogen) atoms. The Morgan fingerprint density at radius 2 is 0.914 bits per heavy atom. The van der Waals surface area contributed by atoms with Gasteiger partial charge in [0.25, 0.3) is 0 Å². The van der Waals surface area contributed by atoms with Crippen LogP contribution in [-0.4, -0.2) is 19.1 Å². The molecule has 4 heteroatoms. The molecule has 0 spiro atoms. The number of hydrogen-bond donors (Lipinski definition) is 0. The number of rotatable bonds is 5. The Balaban J connectivity index is 1.14. The van der Waals surface area contributed by atoms with Crippen LogP contribution in [0, 0.1) is 0 Å². The van der Waals surface area contributed by atoms with Crippen molar-refractivity contribution in [2.75, 3.05) is 0 Å². The minimum Gasteiger partial charge on any atom is -0.309 e. The number of hydrogen-bond acceptors (Lipinski definition) is 2. The first kappa shape index (κ1) is 32.4. The van der Waals surface area contributed by atoms with Crippen LogP contribution in [0.25, 0.3) is 110 Å². The summed E-state index contributed by atoms with van der Waals surface area (Å²) in [6.07, 6.45) is 0. The number of para-hydroxylation sites is 4. The van der Waals surface area contributed by atoms with Gasteiger partial charge >= 0.3 is 0 Å². The lowest BCUT2D eigenvalue weighted by Crippen LogP contribution is -2.00. The van der Waals surface area contributed by atoms with Crippen LogP contribution in [0.4, 0.5) is 0 Å². The number of nitrogens with zero attached hydrogens (tertiary/aromatic N) is 4. The summed E-state index contributed by atoms with van der Waals surface area (Å²) >= 11 is 0. The van der Waals surface area contributed by atoms with E-state index in [1.165, 1.54) is 43.4 Å². The quantitative estimate of drug-likeness (QED) is 0.176. The molecule has 3 aromatic heterocycles. The molecule has 0 bridgehead atoms. The lowest BCUT2D eigenvalue weighted by Gasteiger charge is -2.16.